The minimum atomic E-state index is 0.333. The molecule has 0 aliphatic heterocycles. The molecule has 0 saturated heterocycles. The molecule has 4 nitrogen and oxygen atoms in total. The van der Waals surface area contributed by atoms with Crippen molar-refractivity contribution in [2.24, 2.45) is 11.5 Å². The summed E-state index contributed by atoms with van der Waals surface area (Å²) < 4.78 is 0. The topological polar surface area (TPSA) is 103 Å². The minimum Gasteiger partial charge on any atom is -0.287 e. The van der Waals surface area contributed by atoms with Crippen molar-refractivity contribution in [2.75, 3.05) is 0 Å². The number of nitrogens with two attached hydrogens (primary N) is 4. The van der Waals surface area contributed by atoms with Gasteiger partial charge >= 0.3 is 0 Å². The summed E-state index contributed by atoms with van der Waals surface area (Å²) in [5.41, 5.74) is 15.2. The highest BCUT2D eigenvalue weighted by Crippen LogP contribution is 2.34. The predicted octanol–water partition coefficient (Wildman–Crippen LogP) is 0.0109. The lowest BCUT2D eigenvalue weighted by Crippen LogP contribution is -2.46. The fourth-order valence-electron chi connectivity index (χ4n) is 2.30. The predicted molar refractivity (Wildman–Crippen MR) is 95.6 cm³/mol. The molecule has 0 aliphatic rings. The van der Waals surface area contributed by atoms with E-state index in [1.165, 1.54) is 9.75 Å². The third-order valence-electron chi connectivity index (χ3n) is 3.61. The molecule has 1 heterocycles. The van der Waals surface area contributed by atoms with Crippen LogP contribution >= 0.6 is 11.3 Å². The summed E-state index contributed by atoms with van der Waals surface area (Å²) in [5, 5.41) is 11.2. The SMILES string of the molecule is NC(=[NH2+])c1ccc(-c2ccc(-c3ccc(C(N)=[NH2+])cc3)s2)cc1. The molecule has 0 saturated carbocycles. The van der Waals surface area contributed by atoms with Gasteiger partial charge in [0, 0.05) is 9.75 Å². The fourth-order valence-corrected chi connectivity index (χ4v) is 3.32. The van der Waals surface area contributed by atoms with Gasteiger partial charge in [0.15, 0.2) is 0 Å². The number of rotatable bonds is 4. The van der Waals surface area contributed by atoms with Crippen molar-refractivity contribution in [1.29, 1.82) is 0 Å². The van der Waals surface area contributed by atoms with Crippen LogP contribution in [0.1, 0.15) is 11.1 Å². The van der Waals surface area contributed by atoms with E-state index >= 15 is 0 Å². The van der Waals surface area contributed by atoms with E-state index in [0.29, 0.717) is 11.7 Å². The highest BCUT2D eigenvalue weighted by Gasteiger charge is 2.08. The van der Waals surface area contributed by atoms with Crippen LogP contribution in [0.4, 0.5) is 0 Å². The molecule has 3 aromatic rings. The smallest absolute Gasteiger partial charge is 0.270 e. The summed E-state index contributed by atoms with van der Waals surface area (Å²) in [6.07, 6.45) is 0. The molecular formula is C18H18N4S+2. The summed E-state index contributed by atoms with van der Waals surface area (Å²) in [4.78, 5) is 2.38. The number of thiophene rings is 1. The molecular weight excluding hydrogens is 304 g/mol. The first kappa shape index (κ1) is 15.0. The van der Waals surface area contributed by atoms with Crippen LogP contribution in [0.2, 0.25) is 0 Å². The first-order valence-electron chi connectivity index (χ1n) is 7.12. The average Bonchev–Trinajstić information content (AvgIpc) is 3.05. The molecule has 1 aromatic heterocycles. The van der Waals surface area contributed by atoms with Crippen LogP contribution in [-0.4, -0.2) is 11.7 Å². The lowest BCUT2D eigenvalue weighted by Gasteiger charge is -2.00. The molecule has 5 heteroatoms. The van der Waals surface area contributed by atoms with Crippen molar-refractivity contribution in [1.82, 2.24) is 0 Å². The molecule has 0 spiro atoms. The molecule has 0 amide bonds. The van der Waals surface area contributed by atoms with Crippen LogP contribution in [0.25, 0.3) is 20.9 Å². The first-order chi connectivity index (χ1) is 11.0. The van der Waals surface area contributed by atoms with Crippen molar-refractivity contribution in [3.63, 3.8) is 0 Å². The lowest BCUT2D eigenvalue weighted by molar-refractivity contribution is -0.115. The Kier molecular flexibility index (Phi) is 3.95. The van der Waals surface area contributed by atoms with Crippen molar-refractivity contribution >= 4 is 23.0 Å². The molecule has 0 fully saturated rings. The number of hydrogen-bond acceptors (Lipinski definition) is 1. The highest BCUT2D eigenvalue weighted by atomic mass is 32.1. The molecule has 3 rings (SSSR count). The van der Waals surface area contributed by atoms with E-state index < -0.39 is 0 Å². The molecule has 0 bridgehead atoms. The van der Waals surface area contributed by atoms with Crippen LogP contribution in [-0.2, 0) is 0 Å². The molecule has 2 aromatic carbocycles. The Labute approximate surface area is 138 Å². The van der Waals surface area contributed by atoms with Crippen molar-refractivity contribution in [2.45, 2.75) is 0 Å². The number of amidine groups is 2. The molecule has 23 heavy (non-hydrogen) atoms. The Morgan fingerprint density at radius 1 is 0.609 bits per heavy atom. The van der Waals surface area contributed by atoms with Crippen LogP contribution < -0.4 is 22.3 Å². The van der Waals surface area contributed by atoms with Crippen LogP contribution in [0.15, 0.2) is 60.7 Å². The normalized spacial score (nSPS) is 10.4. The van der Waals surface area contributed by atoms with Crippen molar-refractivity contribution in [3.8, 4) is 20.9 Å². The second-order valence-electron chi connectivity index (χ2n) is 5.23. The monoisotopic (exact) mass is 322 g/mol. The van der Waals surface area contributed by atoms with Crippen LogP contribution in [0, 0.1) is 0 Å². The Hall–Kier alpha value is -2.92. The maximum atomic E-state index is 5.59. The molecule has 0 radical (unpaired) electrons. The van der Waals surface area contributed by atoms with Gasteiger partial charge in [0.05, 0.1) is 11.1 Å². The van der Waals surface area contributed by atoms with Gasteiger partial charge in [-0.3, -0.25) is 22.3 Å². The maximum Gasteiger partial charge on any atom is 0.270 e. The van der Waals surface area contributed by atoms with Gasteiger partial charge in [-0.1, -0.05) is 24.3 Å². The zero-order valence-electron chi connectivity index (χ0n) is 12.5. The Balaban J connectivity index is 1.87. The highest BCUT2D eigenvalue weighted by molar-refractivity contribution is 7.18. The summed E-state index contributed by atoms with van der Waals surface area (Å²) in [7, 11) is 0. The van der Waals surface area contributed by atoms with E-state index in [9.17, 15) is 0 Å². The summed E-state index contributed by atoms with van der Waals surface area (Å²) >= 11 is 1.73. The van der Waals surface area contributed by atoms with Gasteiger partial charge in [-0.05, 0) is 47.5 Å². The molecule has 0 aliphatic carbocycles. The second-order valence-corrected chi connectivity index (χ2v) is 6.31. The van der Waals surface area contributed by atoms with Crippen molar-refractivity contribution < 1.29 is 10.8 Å². The fraction of sp³-hybridized carbons (Fsp3) is 0. The first-order valence-corrected chi connectivity index (χ1v) is 7.93. The van der Waals surface area contributed by atoms with E-state index in [-0.39, 0.29) is 0 Å². The number of hydrogen-bond donors (Lipinski definition) is 4. The van der Waals surface area contributed by atoms with Gasteiger partial charge in [0.2, 0.25) is 0 Å². The molecule has 8 N–H and O–H groups in total. The Bertz CT molecular complexity index is 789. The molecule has 0 atom stereocenters. The van der Waals surface area contributed by atoms with E-state index in [1.54, 1.807) is 11.3 Å². The molecule has 0 unspecified atom stereocenters. The number of benzene rings is 2. The van der Waals surface area contributed by atoms with E-state index in [0.717, 1.165) is 22.3 Å². The van der Waals surface area contributed by atoms with Gasteiger partial charge in [0.25, 0.3) is 11.7 Å². The third-order valence-corrected chi connectivity index (χ3v) is 4.79. The third kappa shape index (κ3) is 3.14. The summed E-state index contributed by atoms with van der Waals surface area (Å²) in [6, 6.07) is 20.0. The Morgan fingerprint density at radius 3 is 1.26 bits per heavy atom. The average molecular weight is 322 g/mol. The summed E-state index contributed by atoms with van der Waals surface area (Å²) in [5.74, 6) is 0.666. The van der Waals surface area contributed by atoms with Gasteiger partial charge in [-0.2, -0.15) is 0 Å². The zero-order chi connectivity index (χ0) is 16.4. The van der Waals surface area contributed by atoms with Gasteiger partial charge < -0.3 is 0 Å². The van der Waals surface area contributed by atoms with Crippen molar-refractivity contribution in [3.05, 3.63) is 71.8 Å². The van der Waals surface area contributed by atoms with Gasteiger partial charge in [0.1, 0.15) is 0 Å². The summed E-state index contributed by atoms with van der Waals surface area (Å²) in [6.45, 7) is 0. The molecule has 114 valence electrons. The quantitative estimate of drug-likeness (QED) is 0.401. The lowest BCUT2D eigenvalue weighted by atomic mass is 10.1. The van der Waals surface area contributed by atoms with Crippen LogP contribution in [0.3, 0.4) is 0 Å². The zero-order valence-corrected chi connectivity index (χ0v) is 13.3. The van der Waals surface area contributed by atoms with Crippen LogP contribution in [0.5, 0.6) is 0 Å². The second kappa shape index (κ2) is 6.06. The maximum absolute atomic E-state index is 5.59. The van der Waals surface area contributed by atoms with Gasteiger partial charge in [-0.25, -0.2) is 0 Å². The van der Waals surface area contributed by atoms with E-state index in [2.05, 4.69) is 12.1 Å². The van der Waals surface area contributed by atoms with E-state index in [1.807, 2.05) is 48.5 Å². The standard InChI is InChI=1S/C18H16N4S/c19-17(20)13-5-1-11(2-6-13)15-9-10-16(23-15)12-3-7-14(8-4-12)18(21)22/h1-10H,(H3,19,20)(H3,21,22)/p+2. The van der Waals surface area contributed by atoms with Gasteiger partial charge in [-0.15, -0.1) is 11.3 Å². The minimum absolute atomic E-state index is 0.333. The largest absolute Gasteiger partial charge is 0.287 e. The Morgan fingerprint density at radius 2 is 0.957 bits per heavy atom. The van der Waals surface area contributed by atoms with E-state index in [4.69, 9.17) is 22.3 Å².